The molecule has 0 radical (unpaired) electrons. The number of terminal acetylenes is 1. The minimum absolute atomic E-state index is 0.0594. The number of carbonyl (C=O) groups excluding carboxylic acids is 1. The predicted octanol–water partition coefficient (Wildman–Crippen LogP) is 5.94. The summed E-state index contributed by atoms with van der Waals surface area (Å²) < 4.78 is 14.2. The molecule has 0 saturated heterocycles. The summed E-state index contributed by atoms with van der Waals surface area (Å²) in [6.07, 6.45) is 5.31. The lowest BCUT2D eigenvalue weighted by atomic mass is 9.99. The van der Waals surface area contributed by atoms with Crippen LogP contribution in [0.15, 0.2) is 30.3 Å². The third-order valence-corrected chi connectivity index (χ3v) is 18.0. The first-order valence-corrected chi connectivity index (χ1v) is 24.0. The van der Waals surface area contributed by atoms with Gasteiger partial charge >= 0.3 is 0 Å². The molecule has 3 atom stereocenters. The largest absolute Gasteiger partial charge is 0.411 e. The van der Waals surface area contributed by atoms with Crippen molar-refractivity contribution < 1.29 is 18.8 Å². The van der Waals surface area contributed by atoms with Crippen LogP contribution in [0.2, 0.25) is 36.3 Å². The average molecular weight is 784 g/mol. The Hall–Kier alpha value is -6.28. The molecule has 1 aromatic rings. The number of hydrogen-bond donors (Lipinski definition) is 2. The highest BCUT2D eigenvalue weighted by molar-refractivity contribution is 6.74. The quantitative estimate of drug-likeness (QED) is 0.204. The SMILES string of the molecule is C#CC#CC#CC#CC#CC#CC#CC#CC#CC#CC#CC#CCC(=O)N[C@@H](CO)[C@H](O[Si](C)(C)C(C)(C)C)[C@@H](CCc1ccccc1)O[Si](C)(C)C(C)(C)C. The standard InChI is InChI=1S/C50H49NO4Si2/c1-12-13-14-15-16-17-18-19-20-21-22-23-24-25-26-27-28-29-30-31-32-33-37-40-47(53)51-45(43-52)48(55-57(10,11)50(5,6)7)46(54-56(8,9)49(2,3)4)42-41-44-38-35-34-36-39-44/h1,34-36,38-39,45-46,48,52H,40-43H2,2-11H3,(H,51,53)/t45-,46+,48-/m0/s1. The molecule has 2 N–H and O–H groups in total. The number of carbonyl (C=O) groups is 1. The van der Waals surface area contributed by atoms with Gasteiger partial charge in [-0.25, -0.2) is 0 Å². The molecule has 286 valence electrons. The molecule has 0 heterocycles. The highest BCUT2D eigenvalue weighted by atomic mass is 28.4. The van der Waals surface area contributed by atoms with Gasteiger partial charge in [-0.2, -0.15) is 0 Å². The van der Waals surface area contributed by atoms with Gasteiger partial charge in [-0.1, -0.05) is 77.8 Å². The number of hydrogen-bond acceptors (Lipinski definition) is 4. The van der Waals surface area contributed by atoms with Gasteiger partial charge in [-0.05, 0) is 149 Å². The number of rotatable bonds is 12. The van der Waals surface area contributed by atoms with Crippen molar-refractivity contribution in [2.45, 2.75) is 115 Å². The second-order valence-corrected chi connectivity index (χ2v) is 24.8. The Kier molecular flexibility index (Phi) is 22.0. The third-order valence-electron chi connectivity index (χ3n) is 9.02. The molecule has 0 bridgehead atoms. The summed E-state index contributed by atoms with van der Waals surface area (Å²) in [6, 6.07) is 9.54. The lowest BCUT2D eigenvalue weighted by Crippen LogP contribution is -2.60. The van der Waals surface area contributed by atoms with Crippen LogP contribution in [0.25, 0.3) is 0 Å². The minimum Gasteiger partial charge on any atom is -0.411 e. The van der Waals surface area contributed by atoms with Crippen LogP contribution >= 0.6 is 0 Å². The molecule has 0 fully saturated rings. The molecule has 0 aromatic heterocycles. The Bertz CT molecular complexity index is 2330. The number of benzene rings is 1. The molecule has 0 unspecified atom stereocenters. The molecule has 5 nitrogen and oxygen atoms in total. The molecule has 0 saturated carbocycles. The van der Waals surface area contributed by atoms with E-state index in [1.54, 1.807) is 0 Å². The first kappa shape index (κ1) is 48.7. The Morgan fingerprint density at radius 1 is 0.649 bits per heavy atom. The van der Waals surface area contributed by atoms with Crippen molar-refractivity contribution in [2.24, 2.45) is 0 Å². The summed E-state index contributed by atoms with van der Waals surface area (Å²) >= 11 is 0. The summed E-state index contributed by atoms with van der Waals surface area (Å²) in [7, 11) is -4.69. The molecule has 0 aliphatic carbocycles. The topological polar surface area (TPSA) is 67.8 Å². The van der Waals surface area contributed by atoms with E-state index in [9.17, 15) is 9.90 Å². The Morgan fingerprint density at radius 2 is 1.04 bits per heavy atom. The lowest BCUT2D eigenvalue weighted by molar-refractivity contribution is -0.122. The van der Waals surface area contributed by atoms with Gasteiger partial charge in [0, 0.05) is 35.5 Å². The summed E-state index contributed by atoms with van der Waals surface area (Å²) in [4.78, 5) is 13.2. The van der Waals surface area contributed by atoms with Crippen molar-refractivity contribution in [1.29, 1.82) is 0 Å². The second-order valence-electron chi connectivity index (χ2n) is 15.3. The number of amides is 1. The van der Waals surface area contributed by atoms with E-state index in [0.717, 1.165) is 6.42 Å². The number of aliphatic hydroxyl groups is 1. The fraction of sp³-hybridized carbons (Fsp3) is 0.380. The maximum atomic E-state index is 13.2. The zero-order valence-electron chi connectivity index (χ0n) is 34.7. The van der Waals surface area contributed by atoms with Crippen LogP contribution in [0.3, 0.4) is 0 Å². The van der Waals surface area contributed by atoms with Gasteiger partial charge in [0.2, 0.25) is 5.91 Å². The van der Waals surface area contributed by atoms with Gasteiger partial charge in [-0.15, -0.1) is 6.42 Å². The zero-order valence-corrected chi connectivity index (χ0v) is 36.7. The lowest BCUT2D eigenvalue weighted by Gasteiger charge is -2.47. The summed E-state index contributed by atoms with van der Waals surface area (Å²) in [5, 5.41) is 13.6. The average Bonchev–Trinajstić information content (AvgIpc) is 3.14. The molecule has 1 rings (SSSR count). The normalized spacial score (nSPS) is 11.2. The van der Waals surface area contributed by atoms with Crippen molar-refractivity contribution >= 4 is 22.5 Å². The van der Waals surface area contributed by atoms with Crippen LogP contribution in [-0.2, 0) is 20.1 Å². The number of nitrogens with one attached hydrogen (secondary N) is 1. The van der Waals surface area contributed by atoms with E-state index in [0.29, 0.717) is 6.42 Å². The summed E-state index contributed by atoms with van der Waals surface area (Å²) in [6.45, 7) is 21.6. The Morgan fingerprint density at radius 3 is 1.42 bits per heavy atom. The summed E-state index contributed by atoms with van der Waals surface area (Å²) in [5.41, 5.74) is 1.19. The van der Waals surface area contributed by atoms with Crippen molar-refractivity contribution in [1.82, 2.24) is 5.32 Å². The summed E-state index contributed by atoms with van der Waals surface area (Å²) in [5.74, 6) is 57.4. The molecule has 0 aliphatic heterocycles. The first-order chi connectivity index (χ1) is 26.9. The van der Waals surface area contributed by atoms with E-state index in [1.165, 1.54) is 5.56 Å². The van der Waals surface area contributed by atoms with E-state index in [2.05, 4.69) is 221 Å². The Labute approximate surface area is 345 Å². The molecule has 0 aliphatic rings. The van der Waals surface area contributed by atoms with Crippen molar-refractivity contribution in [3.05, 3.63) is 35.9 Å². The fourth-order valence-corrected chi connectivity index (χ4v) is 6.73. The van der Waals surface area contributed by atoms with Crippen LogP contribution < -0.4 is 5.32 Å². The minimum atomic E-state index is -2.39. The van der Waals surface area contributed by atoms with Gasteiger partial charge in [0.15, 0.2) is 16.6 Å². The van der Waals surface area contributed by atoms with Crippen molar-refractivity contribution in [2.75, 3.05) is 6.61 Å². The van der Waals surface area contributed by atoms with E-state index in [-0.39, 0.29) is 35.1 Å². The van der Waals surface area contributed by atoms with Crippen LogP contribution in [0.5, 0.6) is 0 Å². The monoisotopic (exact) mass is 783 g/mol. The van der Waals surface area contributed by atoms with Crippen molar-refractivity contribution in [3.63, 3.8) is 0 Å². The van der Waals surface area contributed by atoms with Crippen LogP contribution in [0, 0.1) is 143 Å². The van der Waals surface area contributed by atoms with E-state index in [1.807, 2.05) is 18.2 Å². The Balaban J connectivity index is 3.04. The van der Waals surface area contributed by atoms with E-state index >= 15 is 0 Å². The van der Waals surface area contributed by atoms with Gasteiger partial charge in [-0.3, -0.25) is 4.79 Å². The van der Waals surface area contributed by atoms with Crippen LogP contribution in [-0.4, -0.2) is 52.5 Å². The molecule has 57 heavy (non-hydrogen) atoms. The molecule has 1 amide bonds. The molecular weight excluding hydrogens is 735 g/mol. The maximum Gasteiger partial charge on any atom is 0.232 e. The highest BCUT2D eigenvalue weighted by Gasteiger charge is 2.46. The first-order valence-electron chi connectivity index (χ1n) is 18.2. The number of aryl methyl sites for hydroxylation is 1. The van der Waals surface area contributed by atoms with Crippen LogP contribution in [0.1, 0.15) is 59.9 Å². The van der Waals surface area contributed by atoms with Crippen LogP contribution in [0.4, 0.5) is 0 Å². The predicted molar refractivity (Wildman–Crippen MR) is 237 cm³/mol. The van der Waals surface area contributed by atoms with Crippen molar-refractivity contribution in [3.8, 4) is 143 Å². The molecule has 0 spiro atoms. The molecular formula is C50H49NO4Si2. The van der Waals surface area contributed by atoms with Gasteiger partial charge in [0.1, 0.15) is 0 Å². The molecule has 1 aromatic carbocycles. The fourth-order valence-electron chi connectivity index (χ4n) is 4.02. The highest BCUT2D eigenvalue weighted by Crippen LogP contribution is 2.41. The zero-order chi connectivity index (χ0) is 42.6. The maximum absolute atomic E-state index is 13.2. The van der Waals surface area contributed by atoms with E-state index < -0.39 is 28.8 Å². The smallest absolute Gasteiger partial charge is 0.232 e. The van der Waals surface area contributed by atoms with E-state index in [4.69, 9.17) is 15.3 Å². The van der Waals surface area contributed by atoms with Gasteiger partial charge < -0.3 is 19.3 Å². The second kappa shape index (κ2) is 25.7. The number of aliphatic hydroxyl groups excluding tert-OH is 1. The van der Waals surface area contributed by atoms with Gasteiger partial charge in [0.25, 0.3) is 0 Å². The van der Waals surface area contributed by atoms with Gasteiger partial charge in [0.05, 0.1) is 31.3 Å². The third kappa shape index (κ3) is 20.8. The molecule has 7 heteroatoms.